The lowest BCUT2D eigenvalue weighted by atomic mass is 9.81. The Morgan fingerprint density at radius 1 is 1.19 bits per heavy atom. The van der Waals surface area contributed by atoms with Crippen LogP contribution in [-0.4, -0.2) is 31.1 Å². The molecule has 0 fully saturated rings. The molecule has 0 unspecified atom stereocenters. The summed E-state index contributed by atoms with van der Waals surface area (Å²) in [4.78, 5) is 2.24. The highest BCUT2D eigenvalue weighted by Gasteiger charge is 2.27. The largest absolute Gasteiger partial charge is 0.314 e. The SMILES string of the molecule is CCC(CC)(CNC(C)C)CN(C)Cc1ccccc1F. The van der Waals surface area contributed by atoms with E-state index in [0.29, 0.717) is 12.6 Å². The number of rotatable bonds is 9. The molecule has 0 heterocycles. The van der Waals surface area contributed by atoms with Crippen molar-refractivity contribution in [1.82, 2.24) is 10.2 Å². The number of nitrogens with zero attached hydrogens (tertiary/aromatic N) is 1. The Labute approximate surface area is 129 Å². The molecule has 0 saturated heterocycles. The molecule has 2 nitrogen and oxygen atoms in total. The second kappa shape index (κ2) is 8.50. The zero-order valence-electron chi connectivity index (χ0n) is 14.2. The van der Waals surface area contributed by atoms with Gasteiger partial charge >= 0.3 is 0 Å². The zero-order chi connectivity index (χ0) is 15.9. The van der Waals surface area contributed by atoms with Crippen LogP contribution < -0.4 is 5.32 Å². The van der Waals surface area contributed by atoms with Crippen LogP contribution in [0.2, 0.25) is 0 Å². The molecule has 0 radical (unpaired) electrons. The smallest absolute Gasteiger partial charge is 0.127 e. The van der Waals surface area contributed by atoms with Crippen LogP contribution in [0.1, 0.15) is 46.1 Å². The van der Waals surface area contributed by atoms with Gasteiger partial charge in [-0.3, -0.25) is 0 Å². The van der Waals surface area contributed by atoms with Gasteiger partial charge in [0, 0.05) is 31.2 Å². The molecule has 0 atom stereocenters. The van der Waals surface area contributed by atoms with Crippen LogP contribution in [-0.2, 0) is 6.54 Å². The van der Waals surface area contributed by atoms with Crippen LogP contribution in [0.15, 0.2) is 24.3 Å². The molecule has 120 valence electrons. The Morgan fingerprint density at radius 2 is 1.81 bits per heavy atom. The van der Waals surface area contributed by atoms with Crippen molar-refractivity contribution in [2.45, 2.75) is 53.1 Å². The number of halogens is 1. The molecule has 0 saturated carbocycles. The lowest BCUT2D eigenvalue weighted by Crippen LogP contribution is -2.44. The van der Waals surface area contributed by atoms with Gasteiger partial charge in [-0.25, -0.2) is 4.39 Å². The lowest BCUT2D eigenvalue weighted by molar-refractivity contribution is 0.147. The first kappa shape index (κ1) is 18.1. The fraction of sp³-hybridized carbons (Fsp3) is 0.667. The quantitative estimate of drug-likeness (QED) is 0.739. The maximum atomic E-state index is 13.8. The van der Waals surface area contributed by atoms with Crippen molar-refractivity contribution >= 4 is 0 Å². The minimum atomic E-state index is -0.108. The molecular formula is C18H31FN2. The van der Waals surface area contributed by atoms with Crippen LogP contribution in [0.4, 0.5) is 4.39 Å². The van der Waals surface area contributed by atoms with Crippen LogP contribution in [0, 0.1) is 11.2 Å². The fourth-order valence-corrected chi connectivity index (χ4v) is 2.75. The van der Waals surface area contributed by atoms with E-state index in [2.05, 4.69) is 45.0 Å². The summed E-state index contributed by atoms with van der Waals surface area (Å²) < 4.78 is 13.8. The molecule has 3 heteroatoms. The first-order valence-electron chi connectivity index (χ1n) is 8.07. The molecule has 0 spiro atoms. The average molecular weight is 294 g/mol. The molecule has 1 aromatic carbocycles. The highest BCUT2D eigenvalue weighted by atomic mass is 19.1. The summed E-state index contributed by atoms with van der Waals surface area (Å²) in [6.07, 6.45) is 2.26. The summed E-state index contributed by atoms with van der Waals surface area (Å²) >= 11 is 0. The first-order valence-corrected chi connectivity index (χ1v) is 8.07. The van der Waals surface area contributed by atoms with Gasteiger partial charge in [-0.2, -0.15) is 0 Å². The van der Waals surface area contributed by atoms with Gasteiger partial charge in [-0.1, -0.05) is 45.9 Å². The summed E-state index contributed by atoms with van der Waals surface area (Å²) in [7, 11) is 2.09. The van der Waals surface area contributed by atoms with Crippen molar-refractivity contribution in [2.24, 2.45) is 5.41 Å². The summed E-state index contributed by atoms with van der Waals surface area (Å²) in [5, 5.41) is 3.57. The molecule has 1 N–H and O–H groups in total. The van der Waals surface area contributed by atoms with Crippen LogP contribution in [0.3, 0.4) is 0 Å². The summed E-state index contributed by atoms with van der Waals surface area (Å²) in [5.41, 5.74) is 1.03. The molecule has 0 aliphatic carbocycles. The second-order valence-electron chi connectivity index (χ2n) is 6.51. The molecule has 0 aliphatic heterocycles. The highest BCUT2D eigenvalue weighted by Crippen LogP contribution is 2.27. The molecule has 0 aromatic heterocycles. The normalized spacial score (nSPS) is 12.4. The summed E-state index contributed by atoms with van der Waals surface area (Å²) in [6.45, 7) is 11.5. The minimum Gasteiger partial charge on any atom is -0.314 e. The zero-order valence-corrected chi connectivity index (χ0v) is 14.2. The third kappa shape index (κ3) is 5.76. The molecule has 0 amide bonds. The van der Waals surface area contributed by atoms with E-state index >= 15 is 0 Å². The van der Waals surface area contributed by atoms with Crippen LogP contribution in [0.25, 0.3) is 0 Å². The van der Waals surface area contributed by atoms with E-state index in [1.54, 1.807) is 6.07 Å². The van der Waals surface area contributed by atoms with E-state index in [0.717, 1.165) is 31.5 Å². The maximum Gasteiger partial charge on any atom is 0.127 e. The van der Waals surface area contributed by atoms with Crippen molar-refractivity contribution in [3.05, 3.63) is 35.6 Å². The Balaban J connectivity index is 2.67. The van der Waals surface area contributed by atoms with Gasteiger partial charge in [0.15, 0.2) is 0 Å². The van der Waals surface area contributed by atoms with Gasteiger partial charge in [0.2, 0.25) is 0 Å². The third-order valence-corrected chi connectivity index (χ3v) is 4.39. The van der Waals surface area contributed by atoms with E-state index in [4.69, 9.17) is 0 Å². The lowest BCUT2D eigenvalue weighted by Gasteiger charge is -2.37. The molecule has 0 aliphatic rings. The van der Waals surface area contributed by atoms with Gasteiger partial charge in [-0.15, -0.1) is 0 Å². The maximum absolute atomic E-state index is 13.8. The minimum absolute atomic E-state index is 0.108. The highest BCUT2D eigenvalue weighted by molar-refractivity contribution is 5.17. The van der Waals surface area contributed by atoms with Crippen LogP contribution >= 0.6 is 0 Å². The first-order chi connectivity index (χ1) is 9.92. The predicted octanol–water partition coefficient (Wildman–Crippen LogP) is 4.06. The van der Waals surface area contributed by atoms with E-state index < -0.39 is 0 Å². The van der Waals surface area contributed by atoms with Crippen molar-refractivity contribution in [3.8, 4) is 0 Å². The van der Waals surface area contributed by atoms with Crippen LogP contribution in [0.5, 0.6) is 0 Å². The van der Waals surface area contributed by atoms with Gasteiger partial charge in [0.05, 0.1) is 0 Å². The Morgan fingerprint density at radius 3 is 2.33 bits per heavy atom. The summed E-state index contributed by atoms with van der Waals surface area (Å²) in [6, 6.07) is 7.56. The Hall–Kier alpha value is -0.930. The average Bonchev–Trinajstić information content (AvgIpc) is 2.46. The number of hydrogen-bond donors (Lipinski definition) is 1. The Kier molecular flexibility index (Phi) is 7.33. The standard InChI is InChI=1S/C18H31FN2/c1-6-18(7-2,13-20-15(3)4)14-21(5)12-16-10-8-9-11-17(16)19/h8-11,15,20H,6-7,12-14H2,1-5H3. The van der Waals surface area contributed by atoms with Crippen molar-refractivity contribution in [2.75, 3.05) is 20.1 Å². The van der Waals surface area contributed by atoms with Gasteiger partial charge in [0.1, 0.15) is 5.82 Å². The fourth-order valence-electron chi connectivity index (χ4n) is 2.75. The van der Waals surface area contributed by atoms with E-state index in [1.807, 2.05) is 12.1 Å². The topological polar surface area (TPSA) is 15.3 Å². The monoisotopic (exact) mass is 294 g/mol. The molecule has 1 rings (SSSR count). The van der Waals surface area contributed by atoms with E-state index in [9.17, 15) is 4.39 Å². The van der Waals surface area contributed by atoms with Crippen molar-refractivity contribution in [3.63, 3.8) is 0 Å². The Bertz CT molecular complexity index is 413. The molecule has 1 aromatic rings. The number of benzene rings is 1. The number of hydrogen-bond acceptors (Lipinski definition) is 2. The molecular weight excluding hydrogens is 263 g/mol. The predicted molar refractivity (Wildman–Crippen MR) is 88.9 cm³/mol. The van der Waals surface area contributed by atoms with E-state index in [-0.39, 0.29) is 11.2 Å². The molecule has 0 bridgehead atoms. The van der Waals surface area contributed by atoms with Gasteiger partial charge in [0.25, 0.3) is 0 Å². The summed E-state index contributed by atoms with van der Waals surface area (Å²) in [5.74, 6) is -0.108. The van der Waals surface area contributed by atoms with Gasteiger partial charge < -0.3 is 10.2 Å². The molecule has 21 heavy (non-hydrogen) atoms. The second-order valence-corrected chi connectivity index (χ2v) is 6.51. The van der Waals surface area contributed by atoms with Crippen molar-refractivity contribution < 1.29 is 4.39 Å². The number of nitrogens with one attached hydrogen (secondary N) is 1. The van der Waals surface area contributed by atoms with Gasteiger partial charge in [-0.05, 0) is 31.4 Å². The van der Waals surface area contributed by atoms with E-state index in [1.165, 1.54) is 6.07 Å². The third-order valence-electron chi connectivity index (χ3n) is 4.39. The van der Waals surface area contributed by atoms with Crippen molar-refractivity contribution in [1.29, 1.82) is 0 Å².